The fourth-order valence-electron chi connectivity index (χ4n) is 1.18. The average Bonchev–Trinajstić information content (AvgIpc) is 2.17. The number of rotatable bonds is 1. The van der Waals surface area contributed by atoms with Crippen molar-refractivity contribution in [3.05, 3.63) is 28.6 Å². The van der Waals surface area contributed by atoms with Gasteiger partial charge in [0.25, 0.3) is 5.56 Å². The van der Waals surface area contributed by atoms with E-state index in [0.29, 0.717) is 16.7 Å². The summed E-state index contributed by atoms with van der Waals surface area (Å²) in [6, 6.07) is 5.18. The molecule has 0 aliphatic heterocycles. The van der Waals surface area contributed by atoms with E-state index < -0.39 is 0 Å². The summed E-state index contributed by atoms with van der Waals surface area (Å²) < 4.78 is 5.02. The lowest BCUT2D eigenvalue weighted by Gasteiger charge is -2.01. The fourth-order valence-corrected chi connectivity index (χ4v) is 1.18. The fraction of sp³-hybridized carbons (Fsp3) is 0.125. The molecule has 0 atom stereocenters. The Morgan fingerprint density at radius 2 is 2.31 bits per heavy atom. The highest BCUT2D eigenvalue weighted by Gasteiger charge is 2.05. The average molecular weight is 177 g/mol. The van der Waals surface area contributed by atoms with Crippen LogP contribution in [0.1, 0.15) is 0 Å². The number of benzene rings is 1. The molecule has 1 aromatic heterocycles. The molecule has 0 aliphatic carbocycles. The minimum Gasteiger partial charge on any atom is -0.496 e. The number of ether oxygens (including phenoxy) is 1. The molecule has 0 radical (unpaired) electrons. The Kier molecular flexibility index (Phi) is 1.70. The molecule has 1 aromatic carbocycles. The molecule has 1 N–H and O–H groups in total. The van der Waals surface area contributed by atoms with Crippen LogP contribution in [0, 0.1) is 0 Å². The van der Waals surface area contributed by atoms with Crippen LogP contribution in [0.25, 0.3) is 10.9 Å². The van der Waals surface area contributed by atoms with Crippen molar-refractivity contribution in [2.75, 3.05) is 7.11 Å². The van der Waals surface area contributed by atoms with Crippen LogP contribution in [0.5, 0.6) is 5.75 Å². The van der Waals surface area contributed by atoms with Crippen LogP contribution in [-0.2, 0) is 0 Å². The molecule has 5 heteroatoms. The lowest BCUT2D eigenvalue weighted by atomic mass is 10.2. The van der Waals surface area contributed by atoms with E-state index in [1.54, 1.807) is 18.2 Å². The first kappa shape index (κ1) is 7.72. The van der Waals surface area contributed by atoms with Crippen LogP contribution < -0.4 is 10.3 Å². The van der Waals surface area contributed by atoms with Crippen LogP contribution in [0.4, 0.5) is 0 Å². The van der Waals surface area contributed by atoms with Crippen LogP contribution >= 0.6 is 0 Å². The maximum atomic E-state index is 11.3. The van der Waals surface area contributed by atoms with E-state index in [-0.39, 0.29) is 5.56 Å². The summed E-state index contributed by atoms with van der Waals surface area (Å²) in [7, 11) is 1.51. The molecule has 0 bridgehead atoms. The number of nitrogens with zero attached hydrogens (tertiary/aromatic N) is 2. The first-order valence-electron chi connectivity index (χ1n) is 3.71. The third-order valence-electron chi connectivity index (χ3n) is 1.76. The molecule has 0 aliphatic rings. The molecular weight excluding hydrogens is 170 g/mol. The largest absolute Gasteiger partial charge is 0.496 e. The van der Waals surface area contributed by atoms with E-state index in [9.17, 15) is 4.79 Å². The molecule has 13 heavy (non-hydrogen) atoms. The second-order valence-electron chi connectivity index (χ2n) is 2.50. The summed E-state index contributed by atoms with van der Waals surface area (Å²) >= 11 is 0. The Morgan fingerprint density at radius 3 is 3.08 bits per heavy atom. The van der Waals surface area contributed by atoms with Crippen molar-refractivity contribution in [2.24, 2.45) is 0 Å². The Morgan fingerprint density at radius 1 is 1.46 bits per heavy atom. The van der Waals surface area contributed by atoms with E-state index in [2.05, 4.69) is 15.4 Å². The summed E-state index contributed by atoms with van der Waals surface area (Å²) in [4.78, 5) is 11.3. The van der Waals surface area contributed by atoms with Gasteiger partial charge in [0.15, 0.2) is 0 Å². The van der Waals surface area contributed by atoms with Gasteiger partial charge in [0.2, 0.25) is 0 Å². The predicted octanol–water partition coefficient (Wildman–Crippen LogP) is 0.327. The Hall–Kier alpha value is -1.91. The molecule has 0 amide bonds. The van der Waals surface area contributed by atoms with Crippen molar-refractivity contribution < 1.29 is 4.74 Å². The van der Waals surface area contributed by atoms with Crippen LogP contribution in [0.15, 0.2) is 23.0 Å². The van der Waals surface area contributed by atoms with Crippen molar-refractivity contribution >= 4 is 10.9 Å². The summed E-state index contributed by atoms with van der Waals surface area (Å²) in [5.41, 5.74) is 0.241. The number of fused-ring (bicyclic) bond motifs is 1. The highest BCUT2D eigenvalue weighted by molar-refractivity contribution is 5.83. The topological polar surface area (TPSA) is 67.9 Å². The van der Waals surface area contributed by atoms with E-state index >= 15 is 0 Å². The maximum absolute atomic E-state index is 11.3. The third kappa shape index (κ3) is 1.14. The first-order valence-corrected chi connectivity index (χ1v) is 3.71. The van der Waals surface area contributed by atoms with E-state index in [0.717, 1.165) is 0 Å². The molecule has 2 aromatic rings. The van der Waals surface area contributed by atoms with Gasteiger partial charge in [0, 0.05) is 0 Å². The zero-order chi connectivity index (χ0) is 9.26. The normalized spacial score (nSPS) is 10.2. The number of nitrogens with one attached hydrogen (secondary N) is 1. The molecule has 0 spiro atoms. The van der Waals surface area contributed by atoms with Crippen molar-refractivity contribution in [1.82, 2.24) is 15.4 Å². The van der Waals surface area contributed by atoms with Gasteiger partial charge in [-0.1, -0.05) is 11.3 Å². The van der Waals surface area contributed by atoms with Crippen molar-refractivity contribution in [2.45, 2.75) is 0 Å². The quantitative estimate of drug-likeness (QED) is 0.681. The minimum atomic E-state index is -0.289. The molecule has 0 saturated carbocycles. The maximum Gasteiger partial charge on any atom is 0.278 e. The van der Waals surface area contributed by atoms with Gasteiger partial charge in [0.1, 0.15) is 16.7 Å². The number of hydrogen-bond acceptors (Lipinski definition) is 4. The predicted molar refractivity (Wildman–Crippen MR) is 46.7 cm³/mol. The molecule has 5 nitrogen and oxygen atoms in total. The van der Waals surface area contributed by atoms with Gasteiger partial charge < -0.3 is 4.74 Å². The SMILES string of the molecule is COc1cccc2nn[nH]c(=O)c12. The number of methoxy groups -OCH3 is 1. The van der Waals surface area contributed by atoms with Gasteiger partial charge in [-0.15, -0.1) is 5.10 Å². The van der Waals surface area contributed by atoms with E-state index in [1.165, 1.54) is 7.11 Å². The van der Waals surface area contributed by atoms with Crippen LogP contribution in [-0.4, -0.2) is 22.5 Å². The van der Waals surface area contributed by atoms with Crippen molar-refractivity contribution in [3.63, 3.8) is 0 Å². The third-order valence-corrected chi connectivity index (χ3v) is 1.76. The molecule has 0 unspecified atom stereocenters. The number of aromatic nitrogens is 3. The summed E-state index contributed by atoms with van der Waals surface area (Å²) in [5, 5.41) is 9.89. The van der Waals surface area contributed by atoms with E-state index in [1.807, 2.05) is 0 Å². The second-order valence-corrected chi connectivity index (χ2v) is 2.50. The molecule has 0 saturated heterocycles. The Balaban J connectivity index is 2.95. The summed E-state index contributed by atoms with van der Waals surface area (Å²) in [6.45, 7) is 0. The lowest BCUT2D eigenvalue weighted by Crippen LogP contribution is -2.10. The van der Waals surface area contributed by atoms with E-state index in [4.69, 9.17) is 4.74 Å². The van der Waals surface area contributed by atoms with Gasteiger partial charge >= 0.3 is 0 Å². The lowest BCUT2D eigenvalue weighted by molar-refractivity contribution is 0.419. The zero-order valence-corrected chi connectivity index (χ0v) is 6.94. The summed E-state index contributed by atoms with van der Waals surface area (Å²) in [6.07, 6.45) is 0. The molecule has 2 rings (SSSR count). The highest BCUT2D eigenvalue weighted by atomic mass is 16.5. The first-order chi connectivity index (χ1) is 6.33. The molecule has 1 heterocycles. The Labute approximate surface area is 73.3 Å². The highest BCUT2D eigenvalue weighted by Crippen LogP contribution is 2.18. The second kappa shape index (κ2) is 2.85. The Bertz CT molecular complexity index is 487. The minimum absolute atomic E-state index is 0.289. The van der Waals surface area contributed by atoms with Gasteiger partial charge in [-0.2, -0.15) is 0 Å². The number of aromatic amines is 1. The smallest absolute Gasteiger partial charge is 0.278 e. The van der Waals surface area contributed by atoms with Gasteiger partial charge in [-0.05, 0) is 12.1 Å². The van der Waals surface area contributed by atoms with Crippen LogP contribution in [0.2, 0.25) is 0 Å². The monoisotopic (exact) mass is 177 g/mol. The van der Waals surface area contributed by atoms with Crippen molar-refractivity contribution in [3.8, 4) is 5.75 Å². The summed E-state index contributed by atoms with van der Waals surface area (Å²) in [5.74, 6) is 0.508. The molecule has 66 valence electrons. The standard InChI is InChI=1S/C8H7N3O2/c1-13-6-4-2-3-5-7(6)8(12)10-11-9-5/h2-4H,1H3,(H,9,10,12). The van der Waals surface area contributed by atoms with Gasteiger partial charge in [0.05, 0.1) is 7.11 Å². The van der Waals surface area contributed by atoms with Gasteiger partial charge in [-0.3, -0.25) is 4.79 Å². The van der Waals surface area contributed by atoms with Gasteiger partial charge in [-0.25, -0.2) is 5.10 Å². The van der Waals surface area contributed by atoms with Crippen molar-refractivity contribution in [1.29, 1.82) is 0 Å². The molecular formula is C8H7N3O2. The number of hydrogen-bond donors (Lipinski definition) is 1. The zero-order valence-electron chi connectivity index (χ0n) is 6.94. The number of H-pyrrole nitrogens is 1. The molecule has 0 fully saturated rings. The van der Waals surface area contributed by atoms with Crippen LogP contribution in [0.3, 0.4) is 0 Å².